The van der Waals surface area contributed by atoms with Crippen LogP contribution in [0.25, 0.3) is 0 Å². The van der Waals surface area contributed by atoms with E-state index in [-0.39, 0.29) is 5.04 Å². The fraction of sp³-hybridized carbons (Fsp3) is 1.00. The first-order valence-electron chi connectivity index (χ1n) is 5.77. The van der Waals surface area contributed by atoms with Crippen LogP contribution in [0.15, 0.2) is 0 Å². The average Bonchev–Trinajstić information content (AvgIpc) is 2.17. The fourth-order valence-electron chi connectivity index (χ4n) is 1.29. The van der Waals surface area contributed by atoms with E-state index in [0.29, 0.717) is 0 Å². The van der Waals surface area contributed by atoms with Crippen LogP contribution in [0.4, 0.5) is 0 Å². The molecule has 0 unspecified atom stereocenters. The standard InChI is InChI=1S/C11H25BrO2Si/c1-6-8-13-15(10-12,11(3,4)5)14-9-7-2/h6-10H2,1-5H3. The van der Waals surface area contributed by atoms with Gasteiger partial charge in [0.1, 0.15) is 0 Å². The molecule has 0 aromatic rings. The van der Waals surface area contributed by atoms with Crippen molar-refractivity contribution in [3.8, 4) is 0 Å². The van der Waals surface area contributed by atoms with Crippen LogP contribution in [-0.2, 0) is 8.85 Å². The predicted molar refractivity (Wildman–Crippen MR) is 71.7 cm³/mol. The van der Waals surface area contributed by atoms with Crippen LogP contribution in [0.1, 0.15) is 47.5 Å². The van der Waals surface area contributed by atoms with Crippen molar-refractivity contribution in [1.29, 1.82) is 0 Å². The molecule has 0 rings (SSSR count). The second-order valence-electron chi connectivity index (χ2n) is 4.83. The highest BCUT2D eigenvalue weighted by Crippen LogP contribution is 2.39. The Kier molecular flexibility index (Phi) is 7.33. The predicted octanol–water partition coefficient (Wildman–Crippen LogP) is 4.02. The van der Waals surface area contributed by atoms with Crippen LogP contribution in [0.3, 0.4) is 0 Å². The molecule has 0 aliphatic rings. The zero-order valence-electron chi connectivity index (χ0n) is 10.7. The van der Waals surface area contributed by atoms with E-state index in [1.54, 1.807) is 0 Å². The van der Waals surface area contributed by atoms with Crippen molar-refractivity contribution in [1.82, 2.24) is 0 Å². The van der Waals surface area contributed by atoms with Crippen LogP contribution < -0.4 is 0 Å². The monoisotopic (exact) mass is 296 g/mol. The molecule has 0 radical (unpaired) electrons. The van der Waals surface area contributed by atoms with Gasteiger partial charge < -0.3 is 8.85 Å². The van der Waals surface area contributed by atoms with Crippen LogP contribution in [0.2, 0.25) is 5.04 Å². The molecule has 0 amide bonds. The Labute approximate surface area is 104 Å². The molecule has 0 saturated heterocycles. The summed E-state index contributed by atoms with van der Waals surface area (Å²) in [4.78, 5) is 0.851. The van der Waals surface area contributed by atoms with Gasteiger partial charge in [-0.1, -0.05) is 50.5 Å². The quantitative estimate of drug-likeness (QED) is 0.522. The molecule has 92 valence electrons. The van der Waals surface area contributed by atoms with Gasteiger partial charge >= 0.3 is 8.56 Å². The fourth-order valence-corrected chi connectivity index (χ4v) is 7.35. The van der Waals surface area contributed by atoms with E-state index in [4.69, 9.17) is 8.85 Å². The van der Waals surface area contributed by atoms with Gasteiger partial charge in [-0.3, -0.25) is 0 Å². The van der Waals surface area contributed by atoms with E-state index in [2.05, 4.69) is 50.5 Å². The molecule has 0 N–H and O–H groups in total. The summed E-state index contributed by atoms with van der Waals surface area (Å²) < 4.78 is 12.1. The molecule has 0 heterocycles. The maximum absolute atomic E-state index is 6.06. The Morgan fingerprint density at radius 1 is 1.00 bits per heavy atom. The summed E-state index contributed by atoms with van der Waals surface area (Å²) in [5.41, 5.74) is 0. The minimum atomic E-state index is -2.10. The second-order valence-corrected chi connectivity index (χ2v) is 10.4. The summed E-state index contributed by atoms with van der Waals surface area (Å²) >= 11 is 3.58. The van der Waals surface area contributed by atoms with E-state index in [1.807, 2.05) is 0 Å². The zero-order chi connectivity index (χ0) is 11.9. The lowest BCUT2D eigenvalue weighted by atomic mass is 10.3. The molecule has 0 aliphatic heterocycles. The maximum Gasteiger partial charge on any atom is 0.354 e. The Morgan fingerprint density at radius 3 is 1.60 bits per heavy atom. The van der Waals surface area contributed by atoms with Crippen molar-refractivity contribution in [3.63, 3.8) is 0 Å². The number of hydrogen-bond acceptors (Lipinski definition) is 2. The SMILES string of the molecule is CCCO[Si](CBr)(OCCC)C(C)(C)C. The van der Waals surface area contributed by atoms with E-state index in [9.17, 15) is 0 Å². The van der Waals surface area contributed by atoms with E-state index < -0.39 is 8.56 Å². The third-order valence-electron chi connectivity index (χ3n) is 2.40. The Balaban J connectivity index is 4.60. The molecule has 0 aromatic heterocycles. The Hall–Kier alpha value is 0.617. The van der Waals surface area contributed by atoms with Crippen LogP contribution in [-0.4, -0.2) is 26.7 Å². The number of rotatable bonds is 7. The molecule has 0 saturated carbocycles. The highest BCUT2D eigenvalue weighted by atomic mass is 79.9. The third kappa shape index (κ3) is 4.55. The van der Waals surface area contributed by atoms with Crippen molar-refractivity contribution in [2.24, 2.45) is 0 Å². The minimum absolute atomic E-state index is 0.112. The van der Waals surface area contributed by atoms with E-state index >= 15 is 0 Å². The Morgan fingerprint density at radius 2 is 1.40 bits per heavy atom. The van der Waals surface area contributed by atoms with Crippen molar-refractivity contribution >= 4 is 24.5 Å². The van der Waals surface area contributed by atoms with E-state index in [0.717, 1.165) is 31.0 Å². The van der Waals surface area contributed by atoms with Gasteiger partial charge in [-0.05, 0) is 12.8 Å². The van der Waals surface area contributed by atoms with Crippen LogP contribution in [0, 0.1) is 0 Å². The lowest BCUT2D eigenvalue weighted by molar-refractivity contribution is 0.152. The van der Waals surface area contributed by atoms with Gasteiger partial charge in [-0.2, -0.15) is 0 Å². The van der Waals surface area contributed by atoms with Gasteiger partial charge in [0.2, 0.25) is 0 Å². The molecule has 0 fully saturated rings. The Bertz CT molecular complexity index is 160. The van der Waals surface area contributed by atoms with Crippen molar-refractivity contribution in [2.45, 2.75) is 52.5 Å². The first-order valence-corrected chi connectivity index (χ1v) is 8.92. The second kappa shape index (κ2) is 7.04. The summed E-state index contributed by atoms with van der Waals surface area (Å²) in [6.07, 6.45) is 2.10. The molecule has 0 aliphatic carbocycles. The normalized spacial score (nSPS) is 13.2. The van der Waals surface area contributed by atoms with Gasteiger partial charge in [-0.25, -0.2) is 0 Å². The molecular weight excluding hydrogens is 272 g/mol. The van der Waals surface area contributed by atoms with Gasteiger partial charge in [0.15, 0.2) is 0 Å². The number of alkyl halides is 1. The van der Waals surface area contributed by atoms with Crippen LogP contribution >= 0.6 is 15.9 Å². The molecule has 0 spiro atoms. The maximum atomic E-state index is 6.06. The highest BCUT2D eigenvalue weighted by molar-refractivity contribution is 9.09. The van der Waals surface area contributed by atoms with Gasteiger partial charge in [0.05, 0.1) is 0 Å². The van der Waals surface area contributed by atoms with E-state index in [1.165, 1.54) is 0 Å². The summed E-state index contributed by atoms with van der Waals surface area (Å²) in [6.45, 7) is 12.5. The van der Waals surface area contributed by atoms with Gasteiger partial charge in [0, 0.05) is 23.2 Å². The lowest BCUT2D eigenvalue weighted by Crippen LogP contribution is -2.53. The van der Waals surface area contributed by atoms with Crippen LogP contribution in [0.5, 0.6) is 0 Å². The molecule has 0 aromatic carbocycles. The lowest BCUT2D eigenvalue weighted by Gasteiger charge is -2.39. The summed E-state index contributed by atoms with van der Waals surface area (Å²) in [5.74, 6) is 0. The highest BCUT2D eigenvalue weighted by Gasteiger charge is 2.48. The first-order chi connectivity index (χ1) is 6.93. The van der Waals surface area contributed by atoms with Crippen molar-refractivity contribution < 1.29 is 8.85 Å². The van der Waals surface area contributed by atoms with Gasteiger partial charge in [0.25, 0.3) is 0 Å². The van der Waals surface area contributed by atoms with Gasteiger partial charge in [-0.15, -0.1) is 0 Å². The van der Waals surface area contributed by atoms with Crippen molar-refractivity contribution in [3.05, 3.63) is 0 Å². The molecule has 4 heteroatoms. The van der Waals surface area contributed by atoms with Crippen molar-refractivity contribution in [2.75, 3.05) is 18.2 Å². The smallest absolute Gasteiger partial charge is 0.354 e. The topological polar surface area (TPSA) is 18.5 Å². The first kappa shape index (κ1) is 15.6. The minimum Gasteiger partial charge on any atom is -0.393 e. The zero-order valence-corrected chi connectivity index (χ0v) is 13.3. The summed E-state index contributed by atoms with van der Waals surface area (Å²) in [5, 5.41) is 0.112. The molecule has 2 nitrogen and oxygen atoms in total. The summed E-state index contributed by atoms with van der Waals surface area (Å²) in [7, 11) is -2.10. The molecule has 15 heavy (non-hydrogen) atoms. The largest absolute Gasteiger partial charge is 0.393 e. The molecule has 0 bridgehead atoms. The molecular formula is C11H25BrO2Si. The average molecular weight is 297 g/mol. The number of halogens is 1. The summed E-state index contributed by atoms with van der Waals surface area (Å²) in [6, 6.07) is 0. The molecule has 0 atom stereocenters. The number of hydrogen-bond donors (Lipinski definition) is 0. The third-order valence-corrected chi connectivity index (χ3v) is 8.59.